The monoisotopic (exact) mass is 286 g/mol. The molecule has 0 aliphatic rings. The number of hydrogen-bond donors (Lipinski definition) is 3. The number of carbonyl (C=O) groups is 3. The van der Waals surface area contributed by atoms with Crippen molar-refractivity contribution in [2.45, 2.75) is 52.9 Å². The summed E-state index contributed by atoms with van der Waals surface area (Å²) in [4.78, 5) is 33.7. The molecule has 0 aromatic rings. The van der Waals surface area contributed by atoms with Crippen molar-refractivity contribution in [2.75, 3.05) is 13.1 Å². The topological polar surface area (TPSA) is 95.5 Å². The van der Waals surface area contributed by atoms with Gasteiger partial charge in [0.2, 0.25) is 11.8 Å². The lowest BCUT2D eigenvalue weighted by atomic mass is 9.90. The van der Waals surface area contributed by atoms with Crippen molar-refractivity contribution in [1.82, 2.24) is 10.6 Å². The lowest BCUT2D eigenvalue weighted by Crippen LogP contribution is -2.32. The van der Waals surface area contributed by atoms with Crippen LogP contribution in [0.15, 0.2) is 0 Å². The van der Waals surface area contributed by atoms with E-state index in [1.807, 2.05) is 6.92 Å². The molecule has 3 N–H and O–H groups in total. The molecule has 2 amide bonds. The zero-order valence-corrected chi connectivity index (χ0v) is 12.6. The van der Waals surface area contributed by atoms with E-state index in [4.69, 9.17) is 5.11 Å². The molecular weight excluding hydrogens is 260 g/mol. The lowest BCUT2D eigenvalue weighted by molar-refractivity contribution is -0.147. The summed E-state index contributed by atoms with van der Waals surface area (Å²) in [6.07, 6.45) is 2.40. The van der Waals surface area contributed by atoms with Gasteiger partial charge in [-0.2, -0.15) is 0 Å². The number of aliphatic carboxylic acids is 1. The maximum atomic E-state index is 11.5. The van der Waals surface area contributed by atoms with Crippen LogP contribution in [0.4, 0.5) is 0 Å². The lowest BCUT2D eigenvalue weighted by Gasteiger charge is -2.18. The van der Waals surface area contributed by atoms with Crippen molar-refractivity contribution in [1.29, 1.82) is 0 Å². The molecule has 0 fully saturated rings. The Morgan fingerprint density at radius 1 is 1.00 bits per heavy atom. The highest BCUT2D eigenvalue weighted by Gasteiger charge is 2.26. The molecule has 0 bridgehead atoms. The van der Waals surface area contributed by atoms with Crippen molar-refractivity contribution in [2.24, 2.45) is 5.41 Å². The van der Waals surface area contributed by atoms with Crippen LogP contribution in [-0.2, 0) is 14.4 Å². The zero-order chi connectivity index (χ0) is 15.6. The van der Waals surface area contributed by atoms with Gasteiger partial charge in [-0.05, 0) is 33.1 Å². The van der Waals surface area contributed by atoms with Gasteiger partial charge in [0.15, 0.2) is 0 Å². The number of nitrogens with one attached hydrogen (secondary N) is 2. The average Bonchev–Trinajstić information content (AvgIpc) is 2.35. The largest absolute Gasteiger partial charge is 0.481 e. The van der Waals surface area contributed by atoms with Gasteiger partial charge < -0.3 is 15.7 Å². The van der Waals surface area contributed by atoms with Crippen LogP contribution in [0.1, 0.15) is 52.9 Å². The molecule has 116 valence electrons. The van der Waals surface area contributed by atoms with Crippen molar-refractivity contribution < 1.29 is 19.5 Å². The van der Waals surface area contributed by atoms with E-state index in [1.165, 1.54) is 0 Å². The molecule has 0 spiro atoms. The molecule has 0 heterocycles. The summed E-state index contributed by atoms with van der Waals surface area (Å²) in [6, 6.07) is 0. The number of amides is 2. The predicted molar refractivity (Wildman–Crippen MR) is 76.2 cm³/mol. The molecule has 0 saturated heterocycles. The minimum Gasteiger partial charge on any atom is -0.481 e. The van der Waals surface area contributed by atoms with Gasteiger partial charge in [0.05, 0.1) is 5.41 Å². The number of carbonyl (C=O) groups excluding carboxylic acids is 2. The van der Waals surface area contributed by atoms with E-state index in [0.717, 1.165) is 6.42 Å². The Labute approximate surface area is 120 Å². The maximum Gasteiger partial charge on any atom is 0.309 e. The minimum absolute atomic E-state index is 0.0355. The highest BCUT2D eigenvalue weighted by molar-refractivity contribution is 5.79. The van der Waals surface area contributed by atoms with Crippen LogP contribution in [-0.4, -0.2) is 36.0 Å². The summed E-state index contributed by atoms with van der Waals surface area (Å²) < 4.78 is 0. The zero-order valence-electron chi connectivity index (χ0n) is 12.6. The third-order valence-corrected chi connectivity index (χ3v) is 3.03. The Hall–Kier alpha value is -1.59. The van der Waals surface area contributed by atoms with Gasteiger partial charge in [-0.25, -0.2) is 0 Å². The number of carboxylic acids is 1. The van der Waals surface area contributed by atoms with E-state index in [9.17, 15) is 14.4 Å². The van der Waals surface area contributed by atoms with Crippen LogP contribution in [0.25, 0.3) is 0 Å². The quantitative estimate of drug-likeness (QED) is 0.564. The summed E-state index contributed by atoms with van der Waals surface area (Å²) in [7, 11) is 0. The Bertz CT molecular complexity index is 340. The second-order valence-corrected chi connectivity index (χ2v) is 5.49. The third-order valence-electron chi connectivity index (χ3n) is 3.03. The standard InChI is InChI=1S/C14H26N2O4/c1-4-9-15-11(17)6-5-7-12(18)16-10-8-14(2,3)13(19)20/h4-10H2,1-3H3,(H,15,17)(H,16,18)(H,19,20). The highest BCUT2D eigenvalue weighted by atomic mass is 16.4. The maximum absolute atomic E-state index is 11.5. The first-order valence-electron chi connectivity index (χ1n) is 7.06. The molecule has 6 nitrogen and oxygen atoms in total. The molecule has 0 unspecified atom stereocenters. The average molecular weight is 286 g/mol. The summed E-state index contributed by atoms with van der Waals surface area (Å²) in [6.45, 7) is 6.22. The fourth-order valence-corrected chi connectivity index (χ4v) is 1.47. The van der Waals surface area contributed by atoms with Crippen LogP contribution in [0.2, 0.25) is 0 Å². The molecule has 6 heteroatoms. The molecule has 0 saturated carbocycles. The third kappa shape index (κ3) is 8.50. The van der Waals surface area contributed by atoms with Crippen LogP contribution in [0.3, 0.4) is 0 Å². The molecule has 0 aromatic heterocycles. The first-order valence-corrected chi connectivity index (χ1v) is 7.06. The normalized spacial score (nSPS) is 10.9. The first-order chi connectivity index (χ1) is 9.29. The van der Waals surface area contributed by atoms with Crippen molar-refractivity contribution in [3.8, 4) is 0 Å². The van der Waals surface area contributed by atoms with E-state index >= 15 is 0 Å². The summed E-state index contributed by atoms with van der Waals surface area (Å²) in [5.41, 5.74) is -0.840. The molecule has 0 rings (SSSR count). The smallest absolute Gasteiger partial charge is 0.309 e. The number of carboxylic acid groups (broad SMARTS) is 1. The van der Waals surface area contributed by atoms with Gasteiger partial charge >= 0.3 is 5.97 Å². The van der Waals surface area contributed by atoms with E-state index in [0.29, 0.717) is 32.4 Å². The summed E-state index contributed by atoms with van der Waals surface area (Å²) >= 11 is 0. The Morgan fingerprint density at radius 2 is 1.50 bits per heavy atom. The van der Waals surface area contributed by atoms with Crippen molar-refractivity contribution in [3.05, 3.63) is 0 Å². The molecule has 0 aliphatic heterocycles. The van der Waals surface area contributed by atoms with Gasteiger partial charge in [0.25, 0.3) is 0 Å². The van der Waals surface area contributed by atoms with Crippen molar-refractivity contribution >= 4 is 17.8 Å². The van der Waals surface area contributed by atoms with Gasteiger partial charge in [-0.1, -0.05) is 6.92 Å². The fourth-order valence-electron chi connectivity index (χ4n) is 1.47. The Morgan fingerprint density at radius 3 is 1.95 bits per heavy atom. The SMILES string of the molecule is CCCNC(=O)CCCC(=O)NCCC(C)(C)C(=O)O. The van der Waals surface area contributed by atoms with E-state index in [1.54, 1.807) is 13.8 Å². The Balaban J connectivity index is 3.70. The van der Waals surface area contributed by atoms with E-state index < -0.39 is 11.4 Å². The van der Waals surface area contributed by atoms with Gasteiger partial charge in [-0.3, -0.25) is 14.4 Å². The van der Waals surface area contributed by atoms with Crippen LogP contribution in [0.5, 0.6) is 0 Å². The summed E-state index contributed by atoms with van der Waals surface area (Å²) in [5.74, 6) is -1.06. The molecule has 0 atom stereocenters. The van der Waals surface area contributed by atoms with Gasteiger partial charge in [0, 0.05) is 25.9 Å². The minimum atomic E-state index is -0.876. The molecule has 20 heavy (non-hydrogen) atoms. The van der Waals surface area contributed by atoms with Gasteiger partial charge in [0.1, 0.15) is 0 Å². The molecule has 0 radical (unpaired) electrons. The predicted octanol–water partition coefficient (Wildman–Crippen LogP) is 1.30. The van der Waals surface area contributed by atoms with Crippen LogP contribution in [0, 0.1) is 5.41 Å². The van der Waals surface area contributed by atoms with Gasteiger partial charge in [-0.15, -0.1) is 0 Å². The number of hydrogen-bond acceptors (Lipinski definition) is 3. The number of rotatable bonds is 10. The molecule has 0 aromatic carbocycles. The van der Waals surface area contributed by atoms with Crippen LogP contribution >= 0.6 is 0 Å². The van der Waals surface area contributed by atoms with E-state index in [2.05, 4.69) is 10.6 Å². The fraction of sp³-hybridized carbons (Fsp3) is 0.786. The molecule has 0 aliphatic carbocycles. The van der Waals surface area contributed by atoms with E-state index in [-0.39, 0.29) is 18.2 Å². The Kier molecular flexibility index (Phi) is 8.59. The van der Waals surface area contributed by atoms with Crippen LogP contribution < -0.4 is 10.6 Å². The highest BCUT2D eigenvalue weighted by Crippen LogP contribution is 2.19. The molecular formula is C14H26N2O4. The van der Waals surface area contributed by atoms with Crippen molar-refractivity contribution in [3.63, 3.8) is 0 Å². The first kappa shape index (κ1) is 18.4. The second kappa shape index (κ2) is 9.34. The second-order valence-electron chi connectivity index (χ2n) is 5.49. The summed E-state index contributed by atoms with van der Waals surface area (Å²) in [5, 5.41) is 14.3.